The van der Waals surface area contributed by atoms with Gasteiger partial charge in [-0.2, -0.15) is 0 Å². The van der Waals surface area contributed by atoms with Gasteiger partial charge in [-0.3, -0.25) is 4.79 Å². The molecule has 0 aliphatic carbocycles. The topological polar surface area (TPSA) is 77.8 Å². The minimum absolute atomic E-state index is 0.242. The van der Waals surface area contributed by atoms with Crippen LogP contribution in [0.25, 0.3) is 0 Å². The van der Waals surface area contributed by atoms with E-state index in [0.29, 0.717) is 27.9 Å². The zero-order valence-electron chi connectivity index (χ0n) is 9.51. The number of rotatable bonds is 6. The van der Waals surface area contributed by atoms with Crippen molar-refractivity contribution in [3.8, 4) is 0 Å². The summed E-state index contributed by atoms with van der Waals surface area (Å²) in [6, 6.07) is 4.60. The predicted molar refractivity (Wildman–Crippen MR) is 72.2 cm³/mol. The van der Waals surface area contributed by atoms with E-state index in [1.54, 1.807) is 12.1 Å². The largest absolute Gasteiger partial charge is 0.481 e. The van der Waals surface area contributed by atoms with E-state index < -0.39 is 18.2 Å². The highest BCUT2D eigenvalue weighted by Crippen LogP contribution is 2.26. The zero-order valence-corrected chi connectivity index (χ0v) is 11.9. The molecule has 0 aromatic heterocycles. The number of halogens is 2. The van der Waals surface area contributed by atoms with Crippen LogP contribution in [0.3, 0.4) is 0 Å². The van der Waals surface area contributed by atoms with Crippen LogP contribution in [0.5, 0.6) is 0 Å². The third-order valence-corrected chi connectivity index (χ3v) is 3.23. The molecule has 0 saturated carbocycles. The van der Waals surface area contributed by atoms with Gasteiger partial charge in [-0.25, -0.2) is 0 Å². The van der Waals surface area contributed by atoms with Gasteiger partial charge in [0.1, 0.15) is 6.10 Å². The fraction of sp³-hybridized carbons (Fsp3) is 0.417. The first-order valence-electron chi connectivity index (χ1n) is 5.38. The summed E-state index contributed by atoms with van der Waals surface area (Å²) >= 11 is 8.98. The second kappa shape index (κ2) is 7.09. The summed E-state index contributed by atoms with van der Waals surface area (Å²) in [6.45, 7) is 0. The van der Waals surface area contributed by atoms with Crippen molar-refractivity contribution >= 4 is 33.5 Å². The van der Waals surface area contributed by atoms with E-state index in [0.717, 1.165) is 0 Å². The van der Waals surface area contributed by atoms with E-state index in [2.05, 4.69) is 15.9 Å². The molecule has 4 nitrogen and oxygen atoms in total. The maximum atomic E-state index is 10.8. The van der Waals surface area contributed by atoms with E-state index in [1.807, 2.05) is 0 Å². The van der Waals surface area contributed by atoms with E-state index in [1.165, 1.54) is 6.07 Å². The summed E-state index contributed by atoms with van der Waals surface area (Å²) in [4.78, 5) is 10.8. The molecular formula is C12H14BrClO4. The Kier molecular flexibility index (Phi) is 6.08. The van der Waals surface area contributed by atoms with Crippen molar-refractivity contribution < 1.29 is 20.1 Å². The Labute approximate surface area is 118 Å². The lowest BCUT2D eigenvalue weighted by Crippen LogP contribution is -2.20. The van der Waals surface area contributed by atoms with Gasteiger partial charge >= 0.3 is 5.97 Å². The van der Waals surface area contributed by atoms with Crippen LogP contribution < -0.4 is 0 Å². The molecule has 1 aromatic carbocycles. The number of carboxylic acids is 1. The van der Waals surface area contributed by atoms with Crippen molar-refractivity contribution in [2.45, 2.75) is 25.0 Å². The lowest BCUT2D eigenvalue weighted by molar-refractivity contribution is -0.136. The molecule has 0 amide bonds. The fourth-order valence-corrected chi connectivity index (χ4v) is 2.32. The van der Waals surface area contributed by atoms with Crippen LogP contribution in [-0.2, 0) is 11.2 Å². The standard InChI is InChI=1S/C12H14BrClO4/c13-4-3-10(15)12(18)9-2-1-8(14)5-7(9)6-11(16)17/h1-2,5,10,12,15,18H,3-4,6H2,(H,16,17). The maximum absolute atomic E-state index is 10.8. The molecule has 18 heavy (non-hydrogen) atoms. The minimum Gasteiger partial charge on any atom is -0.481 e. The van der Waals surface area contributed by atoms with Crippen LogP contribution in [-0.4, -0.2) is 32.7 Å². The Morgan fingerprint density at radius 3 is 2.61 bits per heavy atom. The van der Waals surface area contributed by atoms with E-state index in [9.17, 15) is 15.0 Å². The van der Waals surface area contributed by atoms with E-state index in [4.69, 9.17) is 16.7 Å². The molecule has 0 heterocycles. The summed E-state index contributed by atoms with van der Waals surface area (Å²) in [5, 5.41) is 29.5. The first kappa shape index (κ1) is 15.4. The van der Waals surface area contributed by atoms with Gasteiger partial charge in [0.25, 0.3) is 0 Å². The lowest BCUT2D eigenvalue weighted by atomic mass is 9.96. The zero-order chi connectivity index (χ0) is 13.7. The van der Waals surface area contributed by atoms with Crippen LogP contribution >= 0.6 is 27.5 Å². The molecular weight excluding hydrogens is 323 g/mol. The summed E-state index contributed by atoms with van der Waals surface area (Å²) < 4.78 is 0. The van der Waals surface area contributed by atoms with Gasteiger partial charge in [0.2, 0.25) is 0 Å². The maximum Gasteiger partial charge on any atom is 0.307 e. The highest BCUT2D eigenvalue weighted by molar-refractivity contribution is 9.09. The van der Waals surface area contributed by atoms with Crippen molar-refractivity contribution in [1.82, 2.24) is 0 Å². The molecule has 3 N–H and O–H groups in total. The number of aliphatic hydroxyl groups is 2. The second-order valence-electron chi connectivity index (χ2n) is 3.90. The quantitative estimate of drug-likeness (QED) is 0.695. The number of aliphatic hydroxyl groups excluding tert-OH is 2. The van der Waals surface area contributed by atoms with Crippen LogP contribution in [0.15, 0.2) is 18.2 Å². The van der Waals surface area contributed by atoms with Gasteiger partial charge in [0.15, 0.2) is 0 Å². The Balaban J connectivity index is 3.02. The Bertz CT molecular complexity index is 425. The molecule has 6 heteroatoms. The van der Waals surface area contributed by atoms with Crippen molar-refractivity contribution in [3.05, 3.63) is 34.3 Å². The van der Waals surface area contributed by atoms with E-state index >= 15 is 0 Å². The Hall–Kier alpha value is -0.620. The molecule has 1 rings (SSSR count). The average molecular weight is 338 g/mol. The van der Waals surface area contributed by atoms with Gasteiger partial charge in [0.05, 0.1) is 12.5 Å². The first-order valence-corrected chi connectivity index (χ1v) is 6.88. The molecule has 1 aromatic rings. The molecule has 100 valence electrons. The van der Waals surface area contributed by atoms with Gasteiger partial charge < -0.3 is 15.3 Å². The molecule has 0 saturated heterocycles. The molecule has 2 unspecified atom stereocenters. The highest BCUT2D eigenvalue weighted by atomic mass is 79.9. The normalized spacial score (nSPS) is 14.2. The van der Waals surface area contributed by atoms with Crippen molar-refractivity contribution in [2.24, 2.45) is 0 Å². The minimum atomic E-state index is -1.12. The lowest BCUT2D eigenvalue weighted by Gasteiger charge is -2.20. The van der Waals surface area contributed by atoms with E-state index in [-0.39, 0.29) is 6.42 Å². The highest BCUT2D eigenvalue weighted by Gasteiger charge is 2.21. The molecule has 2 atom stereocenters. The number of hydrogen-bond donors (Lipinski definition) is 3. The second-order valence-corrected chi connectivity index (χ2v) is 5.13. The van der Waals surface area contributed by atoms with Gasteiger partial charge in [-0.05, 0) is 29.7 Å². The number of benzene rings is 1. The van der Waals surface area contributed by atoms with Crippen molar-refractivity contribution in [2.75, 3.05) is 5.33 Å². The summed E-state index contributed by atoms with van der Waals surface area (Å²) in [5.74, 6) is -1.01. The summed E-state index contributed by atoms with van der Waals surface area (Å²) in [6.07, 6.45) is -1.93. The van der Waals surface area contributed by atoms with Gasteiger partial charge in [0, 0.05) is 10.4 Å². The molecule has 0 aliphatic rings. The predicted octanol–water partition coefficient (Wildman–Crippen LogP) is 2.15. The Morgan fingerprint density at radius 1 is 1.39 bits per heavy atom. The third kappa shape index (κ3) is 4.24. The number of aliphatic carboxylic acids is 1. The van der Waals surface area contributed by atoms with Crippen LogP contribution in [0.1, 0.15) is 23.7 Å². The number of carbonyl (C=O) groups is 1. The molecule has 0 fully saturated rings. The van der Waals surface area contributed by atoms with Crippen LogP contribution in [0.2, 0.25) is 5.02 Å². The molecule has 0 aliphatic heterocycles. The number of hydrogen-bond acceptors (Lipinski definition) is 3. The van der Waals surface area contributed by atoms with Crippen molar-refractivity contribution in [1.29, 1.82) is 0 Å². The molecule has 0 bridgehead atoms. The van der Waals surface area contributed by atoms with Crippen LogP contribution in [0, 0.1) is 0 Å². The monoisotopic (exact) mass is 336 g/mol. The SMILES string of the molecule is O=C(O)Cc1cc(Cl)ccc1C(O)C(O)CCBr. The first-order chi connectivity index (χ1) is 8.45. The van der Waals surface area contributed by atoms with Crippen molar-refractivity contribution in [3.63, 3.8) is 0 Å². The number of alkyl halides is 1. The Morgan fingerprint density at radius 2 is 2.06 bits per heavy atom. The summed E-state index contributed by atoms with van der Waals surface area (Å²) in [5.41, 5.74) is 0.811. The number of carboxylic acid groups (broad SMARTS) is 1. The average Bonchev–Trinajstić information content (AvgIpc) is 2.28. The van der Waals surface area contributed by atoms with Gasteiger partial charge in [-0.15, -0.1) is 0 Å². The van der Waals surface area contributed by atoms with Gasteiger partial charge in [-0.1, -0.05) is 33.6 Å². The smallest absolute Gasteiger partial charge is 0.307 e. The third-order valence-electron chi connectivity index (χ3n) is 2.53. The molecule has 0 radical (unpaired) electrons. The van der Waals surface area contributed by atoms with Crippen LogP contribution in [0.4, 0.5) is 0 Å². The molecule has 0 spiro atoms. The fourth-order valence-electron chi connectivity index (χ4n) is 1.66. The summed E-state index contributed by atoms with van der Waals surface area (Å²) in [7, 11) is 0.